The van der Waals surface area contributed by atoms with Gasteiger partial charge in [0.1, 0.15) is 12.0 Å². The van der Waals surface area contributed by atoms with Crippen molar-refractivity contribution >= 4 is 11.8 Å². The summed E-state index contributed by atoms with van der Waals surface area (Å²) in [7, 11) is 1.64. The van der Waals surface area contributed by atoms with E-state index in [1.165, 1.54) is 11.8 Å². The lowest BCUT2D eigenvalue weighted by Crippen LogP contribution is -1.84. The highest BCUT2D eigenvalue weighted by molar-refractivity contribution is 7.98. The Morgan fingerprint density at radius 1 is 1.00 bits per heavy atom. The van der Waals surface area contributed by atoms with Crippen molar-refractivity contribution in [2.75, 3.05) is 7.11 Å². The van der Waals surface area contributed by atoms with Crippen LogP contribution in [0.15, 0.2) is 70.4 Å². The Morgan fingerprint density at radius 2 is 1.81 bits per heavy atom. The number of nitrogens with one attached hydrogen (secondary N) is 1. The third kappa shape index (κ3) is 3.62. The van der Waals surface area contributed by atoms with Crippen molar-refractivity contribution in [1.29, 1.82) is 0 Å². The maximum atomic E-state index is 5.55. The lowest BCUT2D eigenvalue weighted by molar-refractivity contribution is 0.415. The van der Waals surface area contributed by atoms with Crippen molar-refractivity contribution in [1.82, 2.24) is 20.2 Å². The van der Waals surface area contributed by atoms with E-state index >= 15 is 0 Å². The molecule has 4 rings (SSSR count). The molecule has 6 nitrogen and oxygen atoms in total. The predicted molar refractivity (Wildman–Crippen MR) is 99.9 cm³/mol. The fraction of sp³-hybridized carbons (Fsp3) is 0.105. The van der Waals surface area contributed by atoms with E-state index in [4.69, 9.17) is 9.15 Å². The number of aromatic nitrogens is 4. The highest BCUT2D eigenvalue weighted by atomic mass is 32.2. The second-order valence-corrected chi connectivity index (χ2v) is 6.44. The molecule has 130 valence electrons. The van der Waals surface area contributed by atoms with Crippen molar-refractivity contribution in [2.45, 2.75) is 10.9 Å². The summed E-state index contributed by atoms with van der Waals surface area (Å²) >= 11 is 1.50. The van der Waals surface area contributed by atoms with Crippen molar-refractivity contribution in [2.24, 2.45) is 0 Å². The molecule has 2 heterocycles. The van der Waals surface area contributed by atoms with E-state index in [1.54, 1.807) is 13.4 Å². The molecule has 0 unspecified atom stereocenters. The molecule has 0 amide bonds. The van der Waals surface area contributed by atoms with Crippen LogP contribution in [0.25, 0.3) is 22.8 Å². The zero-order valence-corrected chi connectivity index (χ0v) is 14.9. The van der Waals surface area contributed by atoms with Gasteiger partial charge in [0, 0.05) is 16.9 Å². The first-order chi connectivity index (χ1) is 12.8. The number of thioether (sulfide) groups is 1. The Morgan fingerprint density at radius 3 is 2.58 bits per heavy atom. The minimum absolute atomic E-state index is 0.620. The van der Waals surface area contributed by atoms with Crippen LogP contribution in [-0.4, -0.2) is 27.3 Å². The second-order valence-electron chi connectivity index (χ2n) is 5.49. The fourth-order valence-corrected chi connectivity index (χ4v) is 3.09. The van der Waals surface area contributed by atoms with Gasteiger partial charge >= 0.3 is 0 Å². The number of nitrogens with zero attached hydrogens (tertiary/aromatic N) is 3. The van der Waals surface area contributed by atoms with E-state index in [9.17, 15) is 0 Å². The quantitative estimate of drug-likeness (QED) is 0.510. The topological polar surface area (TPSA) is 76.8 Å². The Bertz CT molecular complexity index is 980. The van der Waals surface area contributed by atoms with Crippen molar-refractivity contribution in [3.05, 3.63) is 66.6 Å². The number of H-pyrrole nitrogens is 1. The minimum atomic E-state index is 0.620. The van der Waals surface area contributed by atoms with Crippen LogP contribution in [0, 0.1) is 0 Å². The number of methoxy groups -OCH3 is 1. The summed E-state index contributed by atoms with van der Waals surface area (Å²) in [4.78, 5) is 9.03. The lowest BCUT2D eigenvalue weighted by atomic mass is 10.2. The molecule has 2 aromatic carbocycles. The molecule has 0 aliphatic heterocycles. The SMILES string of the molecule is COc1ccc(-c2nc(SCc3coc(-c4ccccc4)n3)n[nH]2)cc1. The molecule has 0 saturated carbocycles. The molecule has 0 aliphatic carbocycles. The Balaban J connectivity index is 1.41. The summed E-state index contributed by atoms with van der Waals surface area (Å²) in [5.74, 6) is 2.79. The van der Waals surface area contributed by atoms with Gasteiger partial charge in [-0.2, -0.15) is 0 Å². The molecule has 0 fully saturated rings. The van der Waals surface area contributed by atoms with Crippen LogP contribution >= 0.6 is 11.8 Å². The summed E-state index contributed by atoms with van der Waals surface area (Å²) in [6.07, 6.45) is 1.67. The first-order valence-corrected chi connectivity index (χ1v) is 9.00. The van der Waals surface area contributed by atoms with Gasteiger partial charge in [0.15, 0.2) is 5.82 Å². The highest BCUT2D eigenvalue weighted by Gasteiger charge is 2.10. The Labute approximate surface area is 154 Å². The van der Waals surface area contributed by atoms with Gasteiger partial charge in [-0.1, -0.05) is 30.0 Å². The molecule has 0 spiro atoms. The van der Waals surface area contributed by atoms with Gasteiger partial charge in [-0.15, -0.1) is 5.10 Å². The third-order valence-corrected chi connectivity index (χ3v) is 4.63. The molecule has 4 aromatic rings. The molecular weight excluding hydrogens is 348 g/mol. The Hall–Kier alpha value is -3.06. The molecule has 0 bridgehead atoms. The van der Waals surface area contributed by atoms with Crippen molar-refractivity contribution in [3.63, 3.8) is 0 Å². The molecule has 0 atom stereocenters. The summed E-state index contributed by atoms with van der Waals surface area (Å²) in [6.45, 7) is 0. The molecular formula is C19H16N4O2S. The highest BCUT2D eigenvalue weighted by Crippen LogP contribution is 2.25. The maximum Gasteiger partial charge on any atom is 0.226 e. The zero-order valence-electron chi connectivity index (χ0n) is 14.0. The first-order valence-electron chi connectivity index (χ1n) is 8.01. The van der Waals surface area contributed by atoms with E-state index in [0.29, 0.717) is 16.8 Å². The van der Waals surface area contributed by atoms with Crippen molar-refractivity contribution < 1.29 is 9.15 Å². The number of hydrogen-bond acceptors (Lipinski definition) is 6. The van der Waals surface area contributed by atoms with Gasteiger partial charge in [-0.3, -0.25) is 5.10 Å². The van der Waals surface area contributed by atoms with Crippen LogP contribution in [0.5, 0.6) is 5.75 Å². The minimum Gasteiger partial charge on any atom is -0.497 e. The number of oxazole rings is 1. The number of ether oxygens (including phenoxy) is 1. The zero-order chi connectivity index (χ0) is 17.8. The van der Waals surface area contributed by atoms with Gasteiger partial charge in [0.25, 0.3) is 0 Å². The average Bonchev–Trinajstić information content (AvgIpc) is 3.37. The normalized spacial score (nSPS) is 10.8. The number of aromatic amines is 1. The number of rotatable bonds is 6. The monoisotopic (exact) mass is 364 g/mol. The van der Waals surface area contributed by atoms with Crippen LogP contribution in [0.4, 0.5) is 0 Å². The first kappa shape index (κ1) is 16.4. The molecule has 7 heteroatoms. The summed E-state index contributed by atoms with van der Waals surface area (Å²) in [5.41, 5.74) is 2.77. The van der Waals surface area contributed by atoms with Gasteiger partial charge in [0.2, 0.25) is 11.0 Å². The van der Waals surface area contributed by atoms with Gasteiger partial charge < -0.3 is 9.15 Å². The third-order valence-electron chi connectivity index (χ3n) is 3.75. The molecule has 1 N–H and O–H groups in total. The van der Waals surface area contributed by atoms with E-state index in [2.05, 4.69) is 20.2 Å². The standard InChI is InChI=1S/C19H16N4O2S/c1-24-16-9-7-13(8-10-16)17-21-19(23-22-17)26-12-15-11-25-18(20-15)14-5-3-2-4-6-14/h2-11H,12H2,1H3,(H,21,22,23). The lowest BCUT2D eigenvalue weighted by Gasteiger charge is -1.99. The van der Waals surface area contributed by atoms with Gasteiger partial charge in [-0.05, 0) is 36.4 Å². The molecule has 0 aliphatic rings. The second kappa shape index (κ2) is 7.45. The van der Waals surface area contributed by atoms with Crippen LogP contribution in [0.2, 0.25) is 0 Å². The van der Waals surface area contributed by atoms with Gasteiger partial charge in [-0.25, -0.2) is 9.97 Å². The van der Waals surface area contributed by atoms with Crippen LogP contribution < -0.4 is 4.74 Å². The number of hydrogen-bond donors (Lipinski definition) is 1. The Kier molecular flexibility index (Phi) is 4.70. The fourth-order valence-electron chi connectivity index (χ4n) is 2.41. The molecule has 2 aromatic heterocycles. The predicted octanol–water partition coefficient (Wildman–Crippen LogP) is 4.43. The molecule has 0 saturated heterocycles. The summed E-state index contributed by atoms with van der Waals surface area (Å²) in [6, 6.07) is 17.5. The van der Waals surface area contributed by atoms with E-state index in [-0.39, 0.29) is 0 Å². The van der Waals surface area contributed by atoms with Crippen LogP contribution in [-0.2, 0) is 5.75 Å². The van der Waals surface area contributed by atoms with Crippen LogP contribution in [0.3, 0.4) is 0 Å². The van der Waals surface area contributed by atoms with Crippen LogP contribution in [0.1, 0.15) is 5.69 Å². The maximum absolute atomic E-state index is 5.55. The smallest absolute Gasteiger partial charge is 0.226 e. The average molecular weight is 364 g/mol. The number of benzene rings is 2. The van der Waals surface area contributed by atoms with E-state index < -0.39 is 0 Å². The summed E-state index contributed by atoms with van der Waals surface area (Å²) in [5, 5.41) is 7.88. The van der Waals surface area contributed by atoms with E-state index in [1.807, 2.05) is 54.6 Å². The van der Waals surface area contributed by atoms with Gasteiger partial charge in [0.05, 0.1) is 12.8 Å². The molecule has 0 radical (unpaired) electrons. The largest absolute Gasteiger partial charge is 0.497 e. The van der Waals surface area contributed by atoms with E-state index in [0.717, 1.165) is 28.4 Å². The summed E-state index contributed by atoms with van der Waals surface area (Å²) < 4.78 is 10.7. The molecule has 26 heavy (non-hydrogen) atoms. The van der Waals surface area contributed by atoms with Crippen molar-refractivity contribution in [3.8, 4) is 28.6 Å².